The normalized spacial score (nSPS) is 12.2. The van der Waals surface area contributed by atoms with Gasteiger partial charge in [0.1, 0.15) is 0 Å². The summed E-state index contributed by atoms with van der Waals surface area (Å²) in [6, 6.07) is 7.30. The van der Waals surface area contributed by atoms with Crippen LogP contribution in [0.3, 0.4) is 0 Å². The maximum atomic E-state index is 11.3. The zero-order valence-corrected chi connectivity index (χ0v) is 8.43. The lowest BCUT2D eigenvalue weighted by molar-refractivity contribution is -0.121. The zero-order valence-electron chi connectivity index (χ0n) is 7.67. The summed E-state index contributed by atoms with van der Waals surface area (Å²) in [6.07, 6.45) is 0. The number of hydrogen-bond acceptors (Lipinski definition) is 1. The van der Waals surface area contributed by atoms with Crippen LogP contribution in [0.25, 0.3) is 0 Å². The third-order valence-electron chi connectivity index (χ3n) is 2.01. The van der Waals surface area contributed by atoms with Crippen LogP contribution < -0.4 is 5.32 Å². The molecule has 0 aliphatic carbocycles. The molecule has 1 amide bonds. The molecule has 0 bridgehead atoms. The van der Waals surface area contributed by atoms with Gasteiger partial charge in [0.05, 0.1) is 5.92 Å². The Bertz CT molecular complexity index is 294. The van der Waals surface area contributed by atoms with Gasteiger partial charge in [0.25, 0.3) is 0 Å². The second-order valence-corrected chi connectivity index (χ2v) is 3.32. The number of halogens is 1. The van der Waals surface area contributed by atoms with Crippen LogP contribution in [0.1, 0.15) is 18.4 Å². The van der Waals surface area contributed by atoms with Crippen LogP contribution >= 0.6 is 11.6 Å². The Labute approximate surface area is 82.9 Å². The number of nitrogens with one attached hydrogen (secondary N) is 1. The van der Waals surface area contributed by atoms with Gasteiger partial charge in [-0.3, -0.25) is 4.79 Å². The number of rotatable bonds is 2. The molecule has 1 N–H and O–H groups in total. The molecule has 0 heterocycles. The van der Waals surface area contributed by atoms with Crippen molar-refractivity contribution in [2.75, 3.05) is 7.05 Å². The standard InChI is InChI=1S/C10H12ClNO/c1-7(10(13)12-2)8-3-5-9(11)6-4-8/h3-7H,1-2H3,(H,12,13). The Hall–Kier alpha value is -1.02. The van der Waals surface area contributed by atoms with E-state index in [1.54, 1.807) is 19.2 Å². The van der Waals surface area contributed by atoms with Gasteiger partial charge >= 0.3 is 0 Å². The quantitative estimate of drug-likeness (QED) is 0.774. The van der Waals surface area contributed by atoms with Crippen LogP contribution in [-0.2, 0) is 4.79 Å². The maximum absolute atomic E-state index is 11.3. The number of benzene rings is 1. The van der Waals surface area contributed by atoms with Crippen molar-refractivity contribution in [3.05, 3.63) is 34.9 Å². The van der Waals surface area contributed by atoms with Crippen LogP contribution in [0, 0.1) is 0 Å². The van der Waals surface area contributed by atoms with Gasteiger partial charge in [0, 0.05) is 12.1 Å². The number of likely N-dealkylation sites (N-methyl/N-ethyl adjacent to an activating group) is 1. The first-order chi connectivity index (χ1) is 6.15. The molecule has 1 aromatic rings. The lowest BCUT2D eigenvalue weighted by Gasteiger charge is -2.09. The monoisotopic (exact) mass is 197 g/mol. The molecule has 1 atom stereocenters. The summed E-state index contributed by atoms with van der Waals surface area (Å²) >= 11 is 5.73. The molecule has 0 fully saturated rings. The number of carbonyl (C=O) groups is 1. The van der Waals surface area contributed by atoms with E-state index in [1.165, 1.54) is 0 Å². The van der Waals surface area contributed by atoms with Gasteiger partial charge in [-0.15, -0.1) is 0 Å². The molecular formula is C10H12ClNO. The fourth-order valence-corrected chi connectivity index (χ4v) is 1.25. The highest BCUT2D eigenvalue weighted by atomic mass is 35.5. The van der Waals surface area contributed by atoms with E-state index in [0.717, 1.165) is 5.56 Å². The molecule has 3 heteroatoms. The second kappa shape index (κ2) is 4.28. The molecule has 1 unspecified atom stereocenters. The fourth-order valence-electron chi connectivity index (χ4n) is 1.12. The first-order valence-electron chi connectivity index (χ1n) is 4.12. The van der Waals surface area contributed by atoms with Crippen molar-refractivity contribution in [1.82, 2.24) is 5.32 Å². The fraction of sp³-hybridized carbons (Fsp3) is 0.300. The SMILES string of the molecule is CNC(=O)C(C)c1ccc(Cl)cc1. The lowest BCUT2D eigenvalue weighted by atomic mass is 10.0. The van der Waals surface area contributed by atoms with Crippen molar-refractivity contribution in [1.29, 1.82) is 0 Å². The average molecular weight is 198 g/mol. The largest absolute Gasteiger partial charge is 0.359 e. The Kier molecular flexibility index (Phi) is 3.32. The van der Waals surface area contributed by atoms with Crippen molar-refractivity contribution >= 4 is 17.5 Å². The van der Waals surface area contributed by atoms with Crippen molar-refractivity contribution in [2.24, 2.45) is 0 Å². The van der Waals surface area contributed by atoms with E-state index in [4.69, 9.17) is 11.6 Å². The van der Waals surface area contributed by atoms with Gasteiger partial charge in [-0.05, 0) is 24.6 Å². The van der Waals surface area contributed by atoms with Crippen LogP contribution in [0.4, 0.5) is 0 Å². The van der Waals surface area contributed by atoms with Crippen LogP contribution in [-0.4, -0.2) is 13.0 Å². The highest BCUT2D eigenvalue weighted by Crippen LogP contribution is 2.17. The lowest BCUT2D eigenvalue weighted by Crippen LogP contribution is -2.23. The molecule has 0 aliphatic rings. The highest BCUT2D eigenvalue weighted by molar-refractivity contribution is 6.30. The van der Waals surface area contributed by atoms with Crippen molar-refractivity contribution in [3.8, 4) is 0 Å². The first-order valence-corrected chi connectivity index (χ1v) is 4.50. The zero-order chi connectivity index (χ0) is 9.84. The Morgan fingerprint density at radius 2 is 1.92 bits per heavy atom. The minimum Gasteiger partial charge on any atom is -0.359 e. The molecule has 0 saturated heterocycles. The number of amides is 1. The molecule has 1 rings (SSSR count). The second-order valence-electron chi connectivity index (χ2n) is 2.89. The molecule has 2 nitrogen and oxygen atoms in total. The molecule has 70 valence electrons. The molecule has 0 spiro atoms. The number of hydrogen-bond donors (Lipinski definition) is 1. The predicted molar refractivity (Wildman–Crippen MR) is 53.9 cm³/mol. The first kappa shape index (κ1) is 10.1. The van der Waals surface area contributed by atoms with Gasteiger partial charge in [-0.2, -0.15) is 0 Å². The van der Waals surface area contributed by atoms with E-state index in [-0.39, 0.29) is 11.8 Å². The number of carbonyl (C=O) groups excluding carboxylic acids is 1. The Morgan fingerprint density at radius 1 is 1.38 bits per heavy atom. The summed E-state index contributed by atoms with van der Waals surface area (Å²) in [5.41, 5.74) is 0.976. The highest BCUT2D eigenvalue weighted by Gasteiger charge is 2.12. The van der Waals surface area contributed by atoms with Gasteiger partial charge in [-0.25, -0.2) is 0 Å². The summed E-state index contributed by atoms with van der Waals surface area (Å²) in [4.78, 5) is 11.3. The van der Waals surface area contributed by atoms with E-state index >= 15 is 0 Å². The molecule has 13 heavy (non-hydrogen) atoms. The van der Waals surface area contributed by atoms with E-state index in [1.807, 2.05) is 19.1 Å². The third-order valence-corrected chi connectivity index (χ3v) is 2.26. The van der Waals surface area contributed by atoms with E-state index in [2.05, 4.69) is 5.32 Å². The smallest absolute Gasteiger partial charge is 0.227 e. The molecule has 0 aliphatic heterocycles. The van der Waals surface area contributed by atoms with Crippen LogP contribution in [0.2, 0.25) is 5.02 Å². The summed E-state index contributed by atoms with van der Waals surface area (Å²) in [5.74, 6) is -0.107. The Morgan fingerprint density at radius 3 is 2.38 bits per heavy atom. The minimum atomic E-state index is -0.123. The van der Waals surface area contributed by atoms with Gasteiger partial charge in [0.15, 0.2) is 0 Å². The van der Waals surface area contributed by atoms with Gasteiger partial charge < -0.3 is 5.32 Å². The van der Waals surface area contributed by atoms with Crippen LogP contribution in [0.15, 0.2) is 24.3 Å². The van der Waals surface area contributed by atoms with E-state index < -0.39 is 0 Å². The summed E-state index contributed by atoms with van der Waals surface area (Å²) in [6.45, 7) is 1.86. The minimum absolute atomic E-state index is 0.0160. The van der Waals surface area contributed by atoms with E-state index in [0.29, 0.717) is 5.02 Å². The maximum Gasteiger partial charge on any atom is 0.227 e. The van der Waals surface area contributed by atoms with Crippen molar-refractivity contribution in [3.63, 3.8) is 0 Å². The molecule has 0 aromatic heterocycles. The summed E-state index contributed by atoms with van der Waals surface area (Å²) in [7, 11) is 1.63. The predicted octanol–water partition coefficient (Wildman–Crippen LogP) is 2.19. The van der Waals surface area contributed by atoms with Gasteiger partial charge in [0.2, 0.25) is 5.91 Å². The molecule has 0 radical (unpaired) electrons. The van der Waals surface area contributed by atoms with Gasteiger partial charge in [-0.1, -0.05) is 23.7 Å². The molecular weight excluding hydrogens is 186 g/mol. The summed E-state index contributed by atoms with van der Waals surface area (Å²) in [5, 5.41) is 3.29. The Balaban J connectivity index is 2.83. The molecule has 1 aromatic carbocycles. The van der Waals surface area contributed by atoms with Crippen molar-refractivity contribution in [2.45, 2.75) is 12.8 Å². The van der Waals surface area contributed by atoms with Crippen LogP contribution in [0.5, 0.6) is 0 Å². The average Bonchev–Trinajstić information content (AvgIpc) is 2.17. The van der Waals surface area contributed by atoms with E-state index in [9.17, 15) is 4.79 Å². The third kappa shape index (κ3) is 2.46. The topological polar surface area (TPSA) is 29.1 Å². The molecule has 0 saturated carbocycles. The van der Waals surface area contributed by atoms with Crippen molar-refractivity contribution < 1.29 is 4.79 Å². The summed E-state index contributed by atoms with van der Waals surface area (Å²) < 4.78 is 0.